The quantitative estimate of drug-likeness (QED) is 0.621. The van der Waals surface area contributed by atoms with Crippen LogP contribution < -0.4 is 4.74 Å². The van der Waals surface area contributed by atoms with Gasteiger partial charge >= 0.3 is 5.97 Å². The van der Waals surface area contributed by atoms with Crippen molar-refractivity contribution in [3.05, 3.63) is 48.2 Å². The Hall–Kier alpha value is -2.82. The van der Waals surface area contributed by atoms with E-state index >= 15 is 0 Å². The maximum atomic E-state index is 10.7. The van der Waals surface area contributed by atoms with Crippen LogP contribution in [-0.4, -0.2) is 22.7 Å². The number of aromatic nitrogens is 1. The Morgan fingerprint density at radius 1 is 1.27 bits per heavy atom. The zero-order chi connectivity index (χ0) is 18.5. The van der Waals surface area contributed by atoms with E-state index in [0.29, 0.717) is 12.5 Å². The highest BCUT2D eigenvalue weighted by Crippen LogP contribution is 2.32. The van der Waals surface area contributed by atoms with Crippen molar-refractivity contribution < 1.29 is 19.1 Å². The first-order valence-electron chi connectivity index (χ1n) is 8.89. The maximum Gasteiger partial charge on any atom is 0.303 e. The number of furan rings is 1. The van der Waals surface area contributed by atoms with E-state index in [9.17, 15) is 4.79 Å². The number of hydrogen-bond donors (Lipinski definition) is 1. The minimum Gasteiger partial charge on any atom is -0.481 e. The number of carbonyl (C=O) groups is 1. The number of carboxylic acid groups (broad SMARTS) is 1. The molecule has 0 amide bonds. The van der Waals surface area contributed by atoms with Gasteiger partial charge in [0.15, 0.2) is 0 Å². The predicted molar refractivity (Wildman–Crippen MR) is 100 cm³/mol. The molecule has 2 heterocycles. The zero-order valence-electron chi connectivity index (χ0n) is 15.1. The fourth-order valence-corrected chi connectivity index (χ4v) is 2.98. The minimum absolute atomic E-state index is 0.173. The van der Waals surface area contributed by atoms with Crippen molar-refractivity contribution in [2.24, 2.45) is 5.92 Å². The molecule has 1 atom stereocenters. The van der Waals surface area contributed by atoms with E-state index < -0.39 is 5.97 Å². The fourth-order valence-electron chi connectivity index (χ4n) is 2.98. The summed E-state index contributed by atoms with van der Waals surface area (Å²) in [5.41, 5.74) is 2.94. The number of benzene rings is 1. The molecule has 0 aliphatic heterocycles. The lowest BCUT2D eigenvalue weighted by Crippen LogP contribution is -2.05. The van der Waals surface area contributed by atoms with Gasteiger partial charge < -0.3 is 14.3 Å². The van der Waals surface area contributed by atoms with Gasteiger partial charge in [0.2, 0.25) is 5.88 Å². The van der Waals surface area contributed by atoms with Gasteiger partial charge in [-0.15, -0.1) is 0 Å². The van der Waals surface area contributed by atoms with Gasteiger partial charge in [-0.1, -0.05) is 31.2 Å². The molecule has 3 rings (SSSR count). The number of rotatable bonds is 8. The number of nitrogens with zero attached hydrogens (tertiary/aromatic N) is 1. The number of ether oxygens (including phenoxy) is 1. The van der Waals surface area contributed by atoms with Crippen molar-refractivity contribution >= 4 is 16.9 Å². The van der Waals surface area contributed by atoms with E-state index in [1.54, 1.807) is 6.20 Å². The second-order valence-corrected chi connectivity index (χ2v) is 6.51. The van der Waals surface area contributed by atoms with Crippen LogP contribution in [0.25, 0.3) is 22.3 Å². The van der Waals surface area contributed by atoms with Gasteiger partial charge in [0.1, 0.15) is 11.3 Å². The highest BCUT2D eigenvalue weighted by atomic mass is 16.5. The molecule has 5 nitrogen and oxygen atoms in total. The van der Waals surface area contributed by atoms with Crippen LogP contribution in [0.5, 0.6) is 5.88 Å². The van der Waals surface area contributed by atoms with Gasteiger partial charge in [0, 0.05) is 24.2 Å². The second kappa shape index (κ2) is 8.04. The van der Waals surface area contributed by atoms with Crippen molar-refractivity contribution in [1.29, 1.82) is 0 Å². The summed E-state index contributed by atoms with van der Waals surface area (Å²) >= 11 is 0. The number of aliphatic carboxylic acids is 1. The van der Waals surface area contributed by atoms with Gasteiger partial charge in [0.05, 0.1) is 12.0 Å². The topological polar surface area (TPSA) is 72.6 Å². The highest BCUT2D eigenvalue weighted by Gasteiger charge is 2.12. The van der Waals surface area contributed by atoms with E-state index in [0.717, 1.165) is 35.1 Å². The summed E-state index contributed by atoms with van der Waals surface area (Å²) in [5, 5.41) is 9.70. The molecule has 3 aromatic rings. The van der Waals surface area contributed by atoms with Crippen molar-refractivity contribution in [3.8, 4) is 17.2 Å². The average molecular weight is 353 g/mol. The smallest absolute Gasteiger partial charge is 0.303 e. The second-order valence-electron chi connectivity index (χ2n) is 6.51. The normalized spacial score (nSPS) is 12.2. The molecule has 0 aliphatic rings. The molecular weight excluding hydrogens is 330 g/mol. The molecule has 0 spiro atoms. The summed E-state index contributed by atoms with van der Waals surface area (Å²) in [7, 11) is 0. The minimum atomic E-state index is -0.737. The van der Waals surface area contributed by atoms with Gasteiger partial charge in [-0.2, -0.15) is 0 Å². The standard InChI is InChI=1S/C21H23NO4/c1-3-25-21-17-13-19(26-18(17)10-11-22-21)16-8-6-15(7-9-16)5-4-14(2)12-20(23)24/h6-11,13-14H,3-5,12H2,1-2H3,(H,23,24). The van der Waals surface area contributed by atoms with Crippen LogP contribution in [0, 0.1) is 5.92 Å². The molecule has 0 radical (unpaired) electrons. The van der Waals surface area contributed by atoms with Crippen LogP contribution in [-0.2, 0) is 11.2 Å². The summed E-state index contributed by atoms with van der Waals surface area (Å²) in [4.78, 5) is 15.0. The van der Waals surface area contributed by atoms with Gasteiger partial charge in [0.25, 0.3) is 0 Å². The van der Waals surface area contributed by atoms with Crippen molar-refractivity contribution in [2.45, 2.75) is 33.1 Å². The first-order valence-corrected chi connectivity index (χ1v) is 8.89. The van der Waals surface area contributed by atoms with Crippen LogP contribution in [0.2, 0.25) is 0 Å². The summed E-state index contributed by atoms with van der Waals surface area (Å²) in [6, 6.07) is 12.0. The zero-order valence-corrected chi connectivity index (χ0v) is 15.1. The molecule has 5 heteroatoms. The third-order valence-corrected chi connectivity index (χ3v) is 4.38. The molecule has 26 heavy (non-hydrogen) atoms. The van der Waals surface area contributed by atoms with Crippen LogP contribution >= 0.6 is 0 Å². The Morgan fingerprint density at radius 2 is 2.04 bits per heavy atom. The first-order chi connectivity index (χ1) is 12.6. The van der Waals surface area contributed by atoms with Gasteiger partial charge in [-0.25, -0.2) is 4.98 Å². The molecule has 1 N–H and O–H groups in total. The largest absolute Gasteiger partial charge is 0.481 e. The predicted octanol–water partition coefficient (Wildman–Crippen LogP) is 4.94. The lowest BCUT2D eigenvalue weighted by atomic mass is 9.97. The molecule has 0 saturated carbocycles. The Balaban J connectivity index is 1.73. The summed E-state index contributed by atoms with van der Waals surface area (Å²) in [6.45, 7) is 4.46. The number of hydrogen-bond acceptors (Lipinski definition) is 4. The molecule has 0 fully saturated rings. The molecular formula is C21H23NO4. The van der Waals surface area contributed by atoms with Crippen molar-refractivity contribution in [1.82, 2.24) is 4.98 Å². The van der Waals surface area contributed by atoms with E-state index in [2.05, 4.69) is 17.1 Å². The van der Waals surface area contributed by atoms with E-state index in [1.165, 1.54) is 5.56 Å². The van der Waals surface area contributed by atoms with Gasteiger partial charge in [-0.05, 0) is 37.3 Å². The third-order valence-electron chi connectivity index (χ3n) is 4.38. The molecule has 1 unspecified atom stereocenters. The Kier molecular flexibility index (Phi) is 5.56. The number of fused-ring (bicyclic) bond motifs is 1. The SMILES string of the molecule is CCOc1nccc2oc(-c3ccc(CCC(C)CC(=O)O)cc3)cc12. The Morgan fingerprint density at radius 3 is 2.73 bits per heavy atom. The molecule has 0 bridgehead atoms. The lowest BCUT2D eigenvalue weighted by Gasteiger charge is -2.08. The summed E-state index contributed by atoms with van der Waals surface area (Å²) < 4.78 is 11.5. The monoisotopic (exact) mass is 353 g/mol. The number of aryl methyl sites for hydroxylation is 1. The molecule has 136 valence electrons. The van der Waals surface area contributed by atoms with E-state index in [1.807, 2.05) is 38.1 Å². The molecule has 1 aromatic carbocycles. The first kappa shape index (κ1) is 18.0. The lowest BCUT2D eigenvalue weighted by molar-refractivity contribution is -0.138. The third kappa shape index (κ3) is 4.23. The van der Waals surface area contributed by atoms with Crippen LogP contribution in [0.4, 0.5) is 0 Å². The van der Waals surface area contributed by atoms with Crippen LogP contribution in [0.3, 0.4) is 0 Å². The molecule has 2 aromatic heterocycles. The Labute approximate surface area is 152 Å². The summed E-state index contributed by atoms with van der Waals surface area (Å²) in [5.74, 6) is 0.800. The number of pyridine rings is 1. The highest BCUT2D eigenvalue weighted by molar-refractivity contribution is 5.86. The van der Waals surface area contributed by atoms with E-state index in [-0.39, 0.29) is 12.3 Å². The molecule has 0 saturated heterocycles. The summed E-state index contributed by atoms with van der Waals surface area (Å²) in [6.07, 6.45) is 3.63. The van der Waals surface area contributed by atoms with Crippen LogP contribution in [0.15, 0.2) is 47.0 Å². The maximum absolute atomic E-state index is 10.7. The molecule has 0 aliphatic carbocycles. The van der Waals surface area contributed by atoms with Crippen molar-refractivity contribution in [3.63, 3.8) is 0 Å². The van der Waals surface area contributed by atoms with E-state index in [4.69, 9.17) is 14.3 Å². The average Bonchev–Trinajstić information content (AvgIpc) is 3.05. The number of carboxylic acids is 1. The van der Waals surface area contributed by atoms with Gasteiger partial charge in [-0.3, -0.25) is 4.79 Å². The Bertz CT molecular complexity index is 883. The van der Waals surface area contributed by atoms with Crippen molar-refractivity contribution in [2.75, 3.05) is 6.61 Å². The van der Waals surface area contributed by atoms with Crippen LogP contribution in [0.1, 0.15) is 32.3 Å². The fraction of sp³-hybridized carbons (Fsp3) is 0.333.